The molecule has 2 heterocycles. The summed E-state index contributed by atoms with van der Waals surface area (Å²) >= 11 is 0. The molecule has 1 aromatic rings. The van der Waals surface area contributed by atoms with Crippen LogP contribution in [0.2, 0.25) is 0 Å². The normalized spacial score (nSPS) is 15.5. The number of methoxy groups -OCH3 is 2. The number of carbonyl (C=O) groups is 1. The number of nitrogens with zero attached hydrogens (tertiary/aromatic N) is 2. The quantitative estimate of drug-likeness (QED) is 0.764. The van der Waals surface area contributed by atoms with Crippen molar-refractivity contribution in [3.8, 4) is 0 Å². The maximum atomic E-state index is 12.0. The molecule has 1 atom stereocenters. The highest BCUT2D eigenvalue weighted by Crippen LogP contribution is 2.13. The summed E-state index contributed by atoms with van der Waals surface area (Å²) in [4.78, 5) is 16.2. The summed E-state index contributed by atoms with van der Waals surface area (Å²) in [7, 11) is 3.19. The van der Waals surface area contributed by atoms with Crippen molar-refractivity contribution in [2.45, 2.75) is 19.1 Å². The van der Waals surface area contributed by atoms with Gasteiger partial charge in [-0.25, -0.2) is 4.98 Å². The first-order valence-corrected chi connectivity index (χ1v) is 6.35. The molecule has 1 aromatic heterocycles. The number of ether oxygens (including phenoxy) is 2. The molecule has 1 amide bonds. The number of fused-ring (bicyclic) bond motifs is 1. The third kappa shape index (κ3) is 3.45. The minimum Gasteiger partial charge on any atom is -0.382 e. The summed E-state index contributed by atoms with van der Waals surface area (Å²) in [5.74, 6) is 0.568. The molecule has 1 aliphatic heterocycles. The van der Waals surface area contributed by atoms with Crippen LogP contribution >= 0.6 is 0 Å². The van der Waals surface area contributed by atoms with Gasteiger partial charge in [-0.3, -0.25) is 4.79 Å². The average Bonchev–Trinajstić information content (AvgIpc) is 2.87. The van der Waals surface area contributed by atoms with Crippen LogP contribution in [-0.4, -0.2) is 55.5 Å². The Balaban J connectivity index is 1.90. The molecule has 106 valence electrons. The highest BCUT2D eigenvalue weighted by Gasteiger charge is 2.17. The fourth-order valence-corrected chi connectivity index (χ4v) is 1.98. The van der Waals surface area contributed by atoms with Crippen molar-refractivity contribution < 1.29 is 14.3 Å². The van der Waals surface area contributed by atoms with Crippen LogP contribution in [0, 0.1) is 0 Å². The van der Waals surface area contributed by atoms with Crippen LogP contribution in [0.25, 0.3) is 0 Å². The van der Waals surface area contributed by atoms with Gasteiger partial charge in [0, 0.05) is 40.1 Å². The summed E-state index contributed by atoms with van der Waals surface area (Å²) in [6.07, 6.45) is 2.67. The van der Waals surface area contributed by atoms with Crippen LogP contribution in [0.15, 0.2) is 6.20 Å². The molecule has 19 heavy (non-hydrogen) atoms. The third-order valence-corrected chi connectivity index (χ3v) is 3.04. The van der Waals surface area contributed by atoms with E-state index in [0.29, 0.717) is 18.8 Å². The Kier molecular flexibility index (Phi) is 4.75. The zero-order chi connectivity index (χ0) is 13.7. The zero-order valence-electron chi connectivity index (χ0n) is 11.3. The first-order valence-electron chi connectivity index (χ1n) is 6.35. The van der Waals surface area contributed by atoms with E-state index < -0.39 is 0 Å². The second-order valence-electron chi connectivity index (χ2n) is 4.45. The van der Waals surface area contributed by atoms with E-state index in [9.17, 15) is 4.79 Å². The monoisotopic (exact) mass is 268 g/mol. The summed E-state index contributed by atoms with van der Waals surface area (Å²) < 4.78 is 12.1. The molecule has 0 bridgehead atoms. The Labute approximate surface area is 112 Å². The molecule has 7 heteroatoms. The van der Waals surface area contributed by atoms with Gasteiger partial charge in [-0.15, -0.1) is 0 Å². The Hall–Kier alpha value is -1.60. The number of anilines is 1. The molecule has 0 aromatic carbocycles. The van der Waals surface area contributed by atoms with Gasteiger partial charge in [0.25, 0.3) is 5.91 Å². The topological polar surface area (TPSA) is 77.4 Å². The second kappa shape index (κ2) is 6.53. The number of nitrogens with one attached hydrogen (secondary N) is 2. The average molecular weight is 268 g/mol. The van der Waals surface area contributed by atoms with Crippen LogP contribution in [-0.2, 0) is 16.0 Å². The van der Waals surface area contributed by atoms with Crippen molar-refractivity contribution in [2.75, 3.05) is 39.2 Å². The number of hydrogen-bond donors (Lipinski definition) is 2. The molecular formula is C12H20N4O3. The van der Waals surface area contributed by atoms with Crippen LogP contribution in [0.5, 0.6) is 0 Å². The number of carbonyl (C=O) groups excluding carboxylic acids is 1. The first-order chi connectivity index (χ1) is 9.24. The Morgan fingerprint density at radius 1 is 1.63 bits per heavy atom. The number of rotatable bonds is 6. The van der Waals surface area contributed by atoms with E-state index in [1.54, 1.807) is 20.4 Å². The number of aromatic nitrogens is 2. The molecule has 1 unspecified atom stereocenters. The van der Waals surface area contributed by atoms with Crippen molar-refractivity contribution >= 4 is 11.9 Å². The van der Waals surface area contributed by atoms with Crippen LogP contribution in [0.4, 0.5) is 5.95 Å². The van der Waals surface area contributed by atoms with Crippen molar-refractivity contribution in [2.24, 2.45) is 0 Å². The van der Waals surface area contributed by atoms with Crippen LogP contribution in [0.3, 0.4) is 0 Å². The Morgan fingerprint density at radius 3 is 3.16 bits per heavy atom. The predicted molar refractivity (Wildman–Crippen MR) is 70.3 cm³/mol. The van der Waals surface area contributed by atoms with Crippen LogP contribution < -0.4 is 10.6 Å². The number of imidazole rings is 1. The third-order valence-electron chi connectivity index (χ3n) is 3.04. The van der Waals surface area contributed by atoms with Gasteiger partial charge < -0.3 is 24.7 Å². The lowest BCUT2D eigenvalue weighted by Crippen LogP contribution is -2.35. The Bertz CT molecular complexity index is 409. The molecular weight excluding hydrogens is 248 g/mol. The largest absolute Gasteiger partial charge is 0.382 e. The fourth-order valence-electron chi connectivity index (χ4n) is 1.98. The van der Waals surface area contributed by atoms with Crippen molar-refractivity contribution in [1.29, 1.82) is 0 Å². The molecule has 2 rings (SSSR count). The maximum Gasteiger partial charge on any atom is 0.271 e. The predicted octanol–water partition coefficient (Wildman–Crippen LogP) is 0.0899. The lowest BCUT2D eigenvalue weighted by Gasteiger charge is -2.14. The standard InChI is InChI=1S/C12H20N4O3/c1-18-8-9(19-2)6-14-11(17)10-7-16-5-3-4-13-12(16)15-10/h7,9H,3-6,8H2,1-2H3,(H,13,15)(H,14,17). The molecule has 2 N–H and O–H groups in total. The fraction of sp³-hybridized carbons (Fsp3) is 0.667. The van der Waals surface area contributed by atoms with E-state index in [2.05, 4.69) is 15.6 Å². The summed E-state index contributed by atoms with van der Waals surface area (Å²) in [6.45, 7) is 2.64. The number of hydrogen-bond acceptors (Lipinski definition) is 5. The highest BCUT2D eigenvalue weighted by molar-refractivity contribution is 5.92. The van der Waals surface area contributed by atoms with Gasteiger partial charge in [-0.05, 0) is 6.42 Å². The van der Waals surface area contributed by atoms with E-state index in [-0.39, 0.29) is 12.0 Å². The molecule has 0 radical (unpaired) electrons. The molecule has 0 aliphatic carbocycles. The summed E-state index contributed by atoms with van der Waals surface area (Å²) in [6, 6.07) is 0. The number of amides is 1. The lowest BCUT2D eigenvalue weighted by atomic mass is 10.3. The van der Waals surface area contributed by atoms with Crippen molar-refractivity contribution in [1.82, 2.24) is 14.9 Å². The summed E-state index contributed by atoms with van der Waals surface area (Å²) in [5.41, 5.74) is 0.427. The molecule has 0 spiro atoms. The maximum absolute atomic E-state index is 12.0. The number of aryl methyl sites for hydroxylation is 1. The van der Waals surface area contributed by atoms with E-state index in [0.717, 1.165) is 25.5 Å². The van der Waals surface area contributed by atoms with E-state index in [4.69, 9.17) is 9.47 Å². The molecule has 0 saturated heterocycles. The second-order valence-corrected chi connectivity index (χ2v) is 4.45. The van der Waals surface area contributed by atoms with Gasteiger partial charge in [-0.1, -0.05) is 0 Å². The van der Waals surface area contributed by atoms with Gasteiger partial charge in [0.2, 0.25) is 5.95 Å². The van der Waals surface area contributed by atoms with Crippen molar-refractivity contribution in [3.05, 3.63) is 11.9 Å². The highest BCUT2D eigenvalue weighted by atomic mass is 16.5. The minimum atomic E-state index is -0.193. The lowest BCUT2D eigenvalue weighted by molar-refractivity contribution is 0.0285. The van der Waals surface area contributed by atoms with Gasteiger partial charge in [-0.2, -0.15) is 0 Å². The molecule has 7 nitrogen and oxygen atoms in total. The molecule has 0 saturated carbocycles. The van der Waals surface area contributed by atoms with Gasteiger partial charge in [0.05, 0.1) is 12.7 Å². The van der Waals surface area contributed by atoms with E-state index in [1.807, 2.05) is 4.57 Å². The van der Waals surface area contributed by atoms with E-state index >= 15 is 0 Å². The molecule has 1 aliphatic rings. The van der Waals surface area contributed by atoms with Crippen LogP contribution in [0.1, 0.15) is 16.9 Å². The first kappa shape index (κ1) is 13.8. The van der Waals surface area contributed by atoms with Gasteiger partial charge in [0.1, 0.15) is 5.69 Å². The van der Waals surface area contributed by atoms with E-state index in [1.165, 1.54) is 0 Å². The SMILES string of the molecule is COCC(CNC(=O)c1cn2c(n1)NCCC2)OC. The Morgan fingerprint density at radius 2 is 2.47 bits per heavy atom. The smallest absolute Gasteiger partial charge is 0.271 e. The summed E-state index contributed by atoms with van der Waals surface area (Å²) in [5, 5.41) is 5.96. The zero-order valence-corrected chi connectivity index (χ0v) is 11.3. The van der Waals surface area contributed by atoms with Gasteiger partial charge in [0.15, 0.2) is 0 Å². The van der Waals surface area contributed by atoms with Gasteiger partial charge >= 0.3 is 0 Å². The minimum absolute atomic E-state index is 0.149. The van der Waals surface area contributed by atoms with Crippen molar-refractivity contribution in [3.63, 3.8) is 0 Å². The molecule has 0 fully saturated rings.